The SMILES string of the molecule is CSc1nnc2c(n1)O[C@@H](c1ccc(C)cc1)N(C(C)=O)c1ccc(Cl)cc1-2. The van der Waals surface area contributed by atoms with E-state index in [0.717, 1.165) is 11.1 Å². The van der Waals surface area contributed by atoms with Crippen LogP contribution in [0.4, 0.5) is 5.69 Å². The number of ether oxygens (including phenoxy) is 1. The van der Waals surface area contributed by atoms with Crippen LogP contribution in [-0.2, 0) is 4.79 Å². The quantitative estimate of drug-likeness (QED) is 0.570. The summed E-state index contributed by atoms with van der Waals surface area (Å²) in [6.45, 7) is 3.51. The summed E-state index contributed by atoms with van der Waals surface area (Å²) in [4.78, 5) is 18.8. The van der Waals surface area contributed by atoms with Crippen LogP contribution < -0.4 is 9.64 Å². The van der Waals surface area contributed by atoms with Crippen LogP contribution in [0.5, 0.6) is 5.88 Å². The Morgan fingerprint density at radius 3 is 2.61 bits per heavy atom. The van der Waals surface area contributed by atoms with E-state index in [1.54, 1.807) is 23.1 Å². The van der Waals surface area contributed by atoms with Crippen molar-refractivity contribution < 1.29 is 9.53 Å². The first-order valence-electron chi connectivity index (χ1n) is 8.59. The van der Waals surface area contributed by atoms with Gasteiger partial charge in [0.25, 0.3) is 0 Å². The van der Waals surface area contributed by atoms with E-state index < -0.39 is 6.23 Å². The van der Waals surface area contributed by atoms with Crippen molar-refractivity contribution in [3.8, 4) is 17.1 Å². The van der Waals surface area contributed by atoms with Gasteiger partial charge < -0.3 is 4.74 Å². The molecule has 0 saturated heterocycles. The number of carbonyl (C=O) groups excluding carboxylic acids is 1. The number of nitrogens with zero attached hydrogens (tertiary/aromatic N) is 4. The van der Waals surface area contributed by atoms with Gasteiger partial charge in [0.2, 0.25) is 23.2 Å². The van der Waals surface area contributed by atoms with Crippen molar-refractivity contribution in [2.45, 2.75) is 25.2 Å². The molecular formula is C20H17ClN4O2S. The smallest absolute Gasteiger partial charge is 0.247 e. The highest BCUT2D eigenvalue weighted by Crippen LogP contribution is 2.44. The molecule has 2 heterocycles. The lowest BCUT2D eigenvalue weighted by Crippen LogP contribution is -2.36. The third kappa shape index (κ3) is 3.31. The van der Waals surface area contributed by atoms with E-state index in [0.29, 0.717) is 33.0 Å². The van der Waals surface area contributed by atoms with E-state index in [4.69, 9.17) is 16.3 Å². The number of aromatic nitrogens is 3. The second-order valence-electron chi connectivity index (χ2n) is 6.38. The lowest BCUT2D eigenvalue weighted by molar-refractivity contribution is -0.118. The number of carbonyl (C=O) groups is 1. The zero-order chi connectivity index (χ0) is 19.8. The zero-order valence-electron chi connectivity index (χ0n) is 15.5. The van der Waals surface area contributed by atoms with Gasteiger partial charge in [-0.1, -0.05) is 53.2 Å². The van der Waals surface area contributed by atoms with E-state index in [1.165, 1.54) is 18.7 Å². The molecule has 0 N–H and O–H groups in total. The lowest BCUT2D eigenvalue weighted by Gasteiger charge is -2.30. The van der Waals surface area contributed by atoms with Gasteiger partial charge in [-0.2, -0.15) is 4.98 Å². The van der Waals surface area contributed by atoms with E-state index in [-0.39, 0.29) is 5.91 Å². The van der Waals surface area contributed by atoms with Crippen LogP contribution >= 0.6 is 23.4 Å². The predicted octanol–water partition coefficient (Wildman–Crippen LogP) is 4.67. The van der Waals surface area contributed by atoms with Gasteiger partial charge in [-0.3, -0.25) is 9.69 Å². The second kappa shape index (κ2) is 7.41. The third-order valence-electron chi connectivity index (χ3n) is 4.45. The summed E-state index contributed by atoms with van der Waals surface area (Å²) in [6.07, 6.45) is 1.18. The Morgan fingerprint density at radius 1 is 1.18 bits per heavy atom. The molecule has 142 valence electrons. The minimum absolute atomic E-state index is 0.167. The normalized spacial score (nSPS) is 15.3. The first kappa shape index (κ1) is 18.7. The molecule has 1 aliphatic rings. The fourth-order valence-corrected chi connectivity index (χ4v) is 3.58. The van der Waals surface area contributed by atoms with Crippen LogP contribution in [0.1, 0.15) is 24.3 Å². The minimum Gasteiger partial charge on any atom is -0.447 e. The number of thioether (sulfide) groups is 1. The maximum atomic E-state index is 12.7. The summed E-state index contributed by atoms with van der Waals surface area (Å²) >= 11 is 7.60. The van der Waals surface area contributed by atoms with Crippen molar-refractivity contribution in [3.05, 3.63) is 58.6 Å². The Kier molecular flexibility index (Phi) is 4.95. The molecule has 0 bridgehead atoms. The molecule has 1 aromatic heterocycles. The van der Waals surface area contributed by atoms with Crippen molar-refractivity contribution in [1.82, 2.24) is 15.2 Å². The van der Waals surface area contributed by atoms with Crippen molar-refractivity contribution in [2.75, 3.05) is 11.2 Å². The molecule has 0 unspecified atom stereocenters. The maximum Gasteiger partial charge on any atom is 0.247 e. The van der Waals surface area contributed by atoms with Gasteiger partial charge in [0, 0.05) is 23.1 Å². The molecule has 1 atom stereocenters. The fourth-order valence-electron chi connectivity index (χ4n) is 3.11. The average molecular weight is 413 g/mol. The van der Waals surface area contributed by atoms with Crippen LogP contribution in [0.15, 0.2) is 47.6 Å². The molecule has 0 spiro atoms. The van der Waals surface area contributed by atoms with Crippen LogP contribution in [-0.4, -0.2) is 27.3 Å². The number of hydrogen-bond acceptors (Lipinski definition) is 6. The Hall–Kier alpha value is -2.64. The molecule has 28 heavy (non-hydrogen) atoms. The van der Waals surface area contributed by atoms with Gasteiger partial charge in [-0.15, -0.1) is 10.2 Å². The first-order chi connectivity index (χ1) is 13.5. The van der Waals surface area contributed by atoms with Crippen molar-refractivity contribution in [2.24, 2.45) is 0 Å². The predicted molar refractivity (Wildman–Crippen MR) is 110 cm³/mol. The Balaban J connectivity index is 1.98. The highest BCUT2D eigenvalue weighted by Gasteiger charge is 2.34. The monoisotopic (exact) mass is 412 g/mol. The Morgan fingerprint density at radius 2 is 1.93 bits per heavy atom. The lowest BCUT2D eigenvalue weighted by atomic mass is 10.1. The Labute approximate surface area is 171 Å². The van der Waals surface area contributed by atoms with Gasteiger partial charge >= 0.3 is 0 Å². The van der Waals surface area contributed by atoms with Gasteiger partial charge in [0.1, 0.15) is 0 Å². The molecule has 0 radical (unpaired) electrons. The molecular weight excluding hydrogens is 396 g/mol. The van der Waals surface area contributed by atoms with Gasteiger partial charge in [-0.05, 0) is 31.4 Å². The van der Waals surface area contributed by atoms with Crippen molar-refractivity contribution in [1.29, 1.82) is 0 Å². The number of amides is 1. The standard InChI is InChI=1S/C20H17ClN4O2S/c1-11-4-6-13(7-5-11)19-25(12(2)26)16-9-8-14(21)10-15(16)17-18(27-19)22-20(28-3)24-23-17/h4-10,19H,1-3H3/t19-/m0/s1. The number of benzene rings is 2. The van der Waals surface area contributed by atoms with E-state index >= 15 is 0 Å². The molecule has 6 nitrogen and oxygen atoms in total. The molecule has 1 aliphatic heterocycles. The molecule has 3 aromatic rings. The number of hydrogen-bond donors (Lipinski definition) is 0. The van der Waals surface area contributed by atoms with Crippen molar-refractivity contribution >= 4 is 35.0 Å². The highest BCUT2D eigenvalue weighted by atomic mass is 35.5. The summed E-state index contributed by atoms with van der Waals surface area (Å²) < 4.78 is 6.26. The van der Waals surface area contributed by atoms with Crippen LogP contribution in [0.2, 0.25) is 5.02 Å². The third-order valence-corrected chi connectivity index (χ3v) is 5.22. The molecule has 0 saturated carbocycles. The summed E-state index contributed by atoms with van der Waals surface area (Å²) in [5.74, 6) is 0.150. The number of fused-ring (bicyclic) bond motifs is 3. The van der Waals surface area contributed by atoms with E-state index in [9.17, 15) is 4.79 Å². The van der Waals surface area contributed by atoms with E-state index in [2.05, 4.69) is 15.2 Å². The molecule has 8 heteroatoms. The highest BCUT2D eigenvalue weighted by molar-refractivity contribution is 7.98. The van der Waals surface area contributed by atoms with Crippen LogP contribution in [0, 0.1) is 6.92 Å². The molecule has 2 aromatic carbocycles. The summed E-state index contributed by atoms with van der Waals surface area (Å²) in [7, 11) is 0. The Bertz CT molecular complexity index is 1060. The maximum absolute atomic E-state index is 12.7. The van der Waals surface area contributed by atoms with Crippen LogP contribution in [0.25, 0.3) is 11.3 Å². The van der Waals surface area contributed by atoms with Gasteiger partial charge in [0.15, 0.2) is 5.69 Å². The number of anilines is 1. The first-order valence-corrected chi connectivity index (χ1v) is 10.2. The average Bonchev–Trinajstić information content (AvgIpc) is 2.82. The van der Waals surface area contributed by atoms with E-state index in [1.807, 2.05) is 37.4 Å². The second-order valence-corrected chi connectivity index (χ2v) is 7.59. The minimum atomic E-state index is -0.689. The summed E-state index contributed by atoms with van der Waals surface area (Å²) in [5, 5.41) is 9.46. The fraction of sp³-hybridized carbons (Fsp3) is 0.200. The topological polar surface area (TPSA) is 68.2 Å². The zero-order valence-corrected chi connectivity index (χ0v) is 17.1. The van der Waals surface area contributed by atoms with Gasteiger partial charge in [0.05, 0.1) is 5.69 Å². The summed E-state index contributed by atoms with van der Waals surface area (Å²) in [5.41, 5.74) is 3.71. The number of aryl methyl sites for hydroxylation is 1. The number of rotatable bonds is 2. The number of halogens is 1. The van der Waals surface area contributed by atoms with Gasteiger partial charge in [-0.25, -0.2) is 0 Å². The molecule has 0 aliphatic carbocycles. The van der Waals surface area contributed by atoms with Crippen LogP contribution in [0.3, 0.4) is 0 Å². The largest absolute Gasteiger partial charge is 0.447 e. The summed E-state index contributed by atoms with van der Waals surface area (Å²) in [6, 6.07) is 13.1. The van der Waals surface area contributed by atoms with Crippen molar-refractivity contribution in [3.63, 3.8) is 0 Å². The molecule has 4 rings (SSSR count). The molecule has 0 fully saturated rings. The molecule has 1 amide bonds.